The monoisotopic (exact) mass is 474 g/mol. The van der Waals surface area contributed by atoms with Crippen molar-refractivity contribution in [3.05, 3.63) is 68.7 Å². The molecule has 0 bridgehead atoms. The number of anilines is 1. The van der Waals surface area contributed by atoms with E-state index in [1.54, 1.807) is 24.3 Å². The minimum Gasteiger partial charge on any atom is -0.379 e. The van der Waals surface area contributed by atoms with Gasteiger partial charge in [-0.25, -0.2) is 4.98 Å². The molecule has 33 heavy (non-hydrogen) atoms. The summed E-state index contributed by atoms with van der Waals surface area (Å²) in [5, 5.41) is 14.3. The average molecular weight is 475 g/mol. The summed E-state index contributed by atoms with van der Waals surface area (Å²) in [6, 6.07) is 10.1. The van der Waals surface area contributed by atoms with Crippen LogP contribution >= 0.6 is 11.8 Å². The molecule has 1 aromatic heterocycles. The number of hydrogen-bond acceptors (Lipinski definition) is 7. The highest BCUT2D eigenvalue weighted by Crippen LogP contribution is 2.23. The van der Waals surface area contributed by atoms with E-state index in [4.69, 9.17) is 4.74 Å². The normalized spacial score (nSPS) is 11.2. The number of ether oxygens (including phenoxy) is 1. The molecule has 0 saturated carbocycles. The topological polar surface area (TPSA) is 116 Å². The molecule has 9 nitrogen and oxygen atoms in total. The van der Waals surface area contributed by atoms with Gasteiger partial charge in [0.2, 0.25) is 11.7 Å². The summed E-state index contributed by atoms with van der Waals surface area (Å²) >= 11 is 1.07. The molecule has 11 heteroatoms. The zero-order chi connectivity index (χ0) is 24.0. The van der Waals surface area contributed by atoms with Crippen LogP contribution in [0.2, 0.25) is 0 Å². The van der Waals surface area contributed by atoms with Crippen molar-refractivity contribution >= 4 is 39.9 Å². The molecule has 0 radical (unpaired) electrons. The highest BCUT2D eigenvalue weighted by atomic mass is 32.2. The van der Waals surface area contributed by atoms with Crippen molar-refractivity contribution in [2.45, 2.75) is 38.1 Å². The van der Waals surface area contributed by atoms with E-state index >= 15 is 0 Å². The van der Waals surface area contributed by atoms with E-state index in [0.29, 0.717) is 35.6 Å². The van der Waals surface area contributed by atoms with Crippen LogP contribution in [0.4, 0.5) is 15.8 Å². The molecular formula is C22H23FN4O5S. The van der Waals surface area contributed by atoms with Crippen LogP contribution in [0, 0.1) is 15.9 Å². The van der Waals surface area contributed by atoms with Crippen LogP contribution in [0.3, 0.4) is 0 Å². The summed E-state index contributed by atoms with van der Waals surface area (Å²) in [5.74, 6) is -1.56. The SMILES string of the molecule is CC(C)OCCCn1c(SCC(=O)Nc2ccc(F)c([N+](=O)[O-])c2)nc2ccccc2c1=O. The van der Waals surface area contributed by atoms with Crippen molar-refractivity contribution in [1.29, 1.82) is 0 Å². The fourth-order valence-electron chi connectivity index (χ4n) is 3.05. The molecule has 0 unspecified atom stereocenters. The second-order valence-corrected chi connectivity index (χ2v) is 8.34. The lowest BCUT2D eigenvalue weighted by Gasteiger charge is -2.14. The van der Waals surface area contributed by atoms with E-state index in [9.17, 15) is 24.1 Å². The minimum absolute atomic E-state index is 0.0799. The molecule has 0 aliphatic heterocycles. The maximum atomic E-state index is 13.5. The van der Waals surface area contributed by atoms with Crippen molar-refractivity contribution in [3.8, 4) is 0 Å². The third-order valence-electron chi connectivity index (χ3n) is 4.56. The maximum absolute atomic E-state index is 13.5. The smallest absolute Gasteiger partial charge is 0.306 e. The average Bonchev–Trinajstić information content (AvgIpc) is 2.77. The molecule has 0 saturated heterocycles. The third-order valence-corrected chi connectivity index (χ3v) is 5.54. The standard InChI is InChI=1S/C22H23FN4O5S/c1-14(2)32-11-5-10-26-21(29)16-6-3-4-7-18(16)25-22(26)33-13-20(28)24-15-8-9-17(23)19(12-15)27(30)31/h3-4,6-9,12,14H,5,10-11,13H2,1-2H3,(H,24,28). The van der Waals surface area contributed by atoms with Gasteiger partial charge in [-0.2, -0.15) is 4.39 Å². The largest absolute Gasteiger partial charge is 0.379 e. The maximum Gasteiger partial charge on any atom is 0.306 e. The molecule has 174 valence electrons. The second-order valence-electron chi connectivity index (χ2n) is 7.40. The summed E-state index contributed by atoms with van der Waals surface area (Å²) in [6.45, 7) is 4.71. The molecule has 1 heterocycles. The second kappa shape index (κ2) is 11.0. The van der Waals surface area contributed by atoms with Crippen LogP contribution in [0.1, 0.15) is 20.3 Å². The first-order chi connectivity index (χ1) is 15.8. The summed E-state index contributed by atoms with van der Waals surface area (Å²) < 4.78 is 20.6. The lowest BCUT2D eigenvalue weighted by atomic mass is 10.2. The number of hydrogen-bond donors (Lipinski definition) is 1. The number of nitrogens with zero attached hydrogens (tertiary/aromatic N) is 3. The number of rotatable bonds is 10. The van der Waals surface area contributed by atoms with Gasteiger partial charge in [0.05, 0.1) is 27.7 Å². The van der Waals surface area contributed by atoms with Crippen LogP contribution in [0.15, 0.2) is 52.4 Å². The van der Waals surface area contributed by atoms with E-state index < -0.39 is 22.3 Å². The number of para-hydroxylation sites is 1. The fourth-order valence-corrected chi connectivity index (χ4v) is 3.88. The van der Waals surface area contributed by atoms with E-state index in [-0.39, 0.29) is 23.1 Å². The van der Waals surface area contributed by atoms with E-state index in [1.165, 1.54) is 10.6 Å². The number of fused-ring (bicyclic) bond motifs is 1. The Morgan fingerprint density at radius 3 is 2.79 bits per heavy atom. The predicted octanol–water partition coefficient (Wildman–Crippen LogP) is 3.99. The first-order valence-electron chi connectivity index (χ1n) is 10.2. The molecule has 2 aromatic carbocycles. The number of carbonyl (C=O) groups excluding carboxylic acids is 1. The van der Waals surface area contributed by atoms with Gasteiger partial charge in [-0.05, 0) is 44.5 Å². The van der Waals surface area contributed by atoms with Gasteiger partial charge in [-0.3, -0.25) is 24.3 Å². The zero-order valence-corrected chi connectivity index (χ0v) is 18.9. The lowest BCUT2D eigenvalue weighted by Crippen LogP contribution is -2.25. The quantitative estimate of drug-likeness (QED) is 0.155. The molecule has 1 N–H and O–H groups in total. The number of benzene rings is 2. The van der Waals surface area contributed by atoms with Crippen LogP contribution < -0.4 is 10.9 Å². The van der Waals surface area contributed by atoms with E-state index in [2.05, 4.69) is 10.3 Å². The van der Waals surface area contributed by atoms with Crippen molar-refractivity contribution < 1.29 is 18.8 Å². The van der Waals surface area contributed by atoms with Crippen LogP contribution in [-0.4, -0.2) is 38.8 Å². The summed E-state index contributed by atoms with van der Waals surface area (Å²) in [7, 11) is 0. The van der Waals surface area contributed by atoms with Gasteiger partial charge in [-0.15, -0.1) is 0 Å². The zero-order valence-electron chi connectivity index (χ0n) is 18.1. The van der Waals surface area contributed by atoms with Crippen molar-refractivity contribution in [2.24, 2.45) is 0 Å². The molecule has 3 rings (SSSR count). The Morgan fingerprint density at radius 1 is 1.30 bits per heavy atom. The summed E-state index contributed by atoms with van der Waals surface area (Å²) in [4.78, 5) is 40.0. The van der Waals surface area contributed by atoms with Gasteiger partial charge in [-0.1, -0.05) is 23.9 Å². The number of nitro benzene ring substituents is 1. The molecule has 1 amide bonds. The molecule has 0 aliphatic carbocycles. The van der Waals surface area contributed by atoms with Crippen molar-refractivity contribution in [2.75, 3.05) is 17.7 Å². The summed E-state index contributed by atoms with van der Waals surface area (Å²) in [5.41, 5.74) is -0.311. The Hall–Kier alpha value is -3.31. The van der Waals surface area contributed by atoms with Crippen LogP contribution in [-0.2, 0) is 16.1 Å². The van der Waals surface area contributed by atoms with Crippen LogP contribution in [0.5, 0.6) is 0 Å². The molecule has 0 atom stereocenters. The third kappa shape index (κ3) is 6.36. The Balaban J connectivity index is 1.76. The number of nitrogens with one attached hydrogen (secondary N) is 1. The number of amides is 1. The molecule has 0 spiro atoms. The highest BCUT2D eigenvalue weighted by molar-refractivity contribution is 7.99. The number of carbonyl (C=O) groups is 1. The number of aromatic nitrogens is 2. The van der Waals surface area contributed by atoms with E-state index in [1.807, 2.05) is 13.8 Å². The fraction of sp³-hybridized carbons (Fsp3) is 0.318. The van der Waals surface area contributed by atoms with Gasteiger partial charge in [0.1, 0.15) is 0 Å². The van der Waals surface area contributed by atoms with E-state index in [0.717, 1.165) is 23.9 Å². The number of thioether (sulfide) groups is 1. The van der Waals surface area contributed by atoms with Crippen molar-refractivity contribution in [3.63, 3.8) is 0 Å². The van der Waals surface area contributed by atoms with Gasteiger partial charge in [0.15, 0.2) is 5.16 Å². The Morgan fingerprint density at radius 2 is 2.06 bits per heavy atom. The van der Waals surface area contributed by atoms with Gasteiger partial charge in [0.25, 0.3) is 5.56 Å². The summed E-state index contributed by atoms with van der Waals surface area (Å²) in [6.07, 6.45) is 0.674. The number of halogens is 1. The molecule has 0 fully saturated rings. The number of nitro groups is 1. The minimum atomic E-state index is -0.988. The van der Waals surface area contributed by atoms with Gasteiger partial charge >= 0.3 is 5.69 Å². The Kier molecular flexibility index (Phi) is 8.12. The molecule has 3 aromatic rings. The highest BCUT2D eigenvalue weighted by Gasteiger charge is 2.17. The van der Waals surface area contributed by atoms with Gasteiger partial charge < -0.3 is 10.1 Å². The van der Waals surface area contributed by atoms with Crippen LogP contribution in [0.25, 0.3) is 10.9 Å². The molecular weight excluding hydrogens is 451 g/mol. The van der Waals surface area contributed by atoms with Gasteiger partial charge in [0, 0.05) is 24.9 Å². The molecule has 0 aliphatic rings. The Labute approximate surface area is 193 Å². The van der Waals surface area contributed by atoms with Crippen molar-refractivity contribution in [1.82, 2.24) is 9.55 Å². The Bertz CT molecular complexity index is 1230. The lowest BCUT2D eigenvalue weighted by molar-refractivity contribution is -0.387. The first kappa shape index (κ1) is 24.3. The first-order valence-corrected chi connectivity index (χ1v) is 11.2. The predicted molar refractivity (Wildman–Crippen MR) is 124 cm³/mol.